The van der Waals surface area contributed by atoms with Crippen molar-refractivity contribution in [1.82, 2.24) is 25.9 Å². The first-order valence-electron chi connectivity index (χ1n) is 5.17. The molecular formula is C10H8I3N5O. The maximum Gasteiger partial charge on any atom is 0.253 e. The number of carbonyl (C=O) groups is 1. The number of halogens is 3. The quantitative estimate of drug-likeness (QED) is 0.423. The molecule has 9 heteroatoms. The predicted octanol–water partition coefficient (Wildman–Crippen LogP) is 2.50. The fraction of sp³-hybridized carbons (Fsp3) is 0.200. The predicted molar refractivity (Wildman–Crippen MR) is 94.7 cm³/mol. The lowest BCUT2D eigenvalue weighted by molar-refractivity contribution is 0.0937. The molecule has 1 amide bonds. The summed E-state index contributed by atoms with van der Waals surface area (Å²) >= 11 is 6.59. The fourth-order valence-corrected chi connectivity index (χ4v) is 3.81. The average molecular weight is 595 g/mol. The number of benzene rings is 1. The van der Waals surface area contributed by atoms with Crippen molar-refractivity contribution in [3.05, 3.63) is 34.2 Å². The maximum absolute atomic E-state index is 12.3. The molecule has 2 rings (SSSR count). The van der Waals surface area contributed by atoms with Crippen molar-refractivity contribution < 1.29 is 4.79 Å². The second-order valence-corrected chi connectivity index (χ2v) is 7.20. The van der Waals surface area contributed by atoms with Crippen molar-refractivity contribution in [3.8, 4) is 0 Å². The van der Waals surface area contributed by atoms with Gasteiger partial charge in [0.25, 0.3) is 5.91 Å². The van der Waals surface area contributed by atoms with Crippen LogP contribution in [0, 0.1) is 10.7 Å². The van der Waals surface area contributed by atoms with Crippen LogP contribution in [0.1, 0.15) is 29.1 Å². The fourth-order valence-electron chi connectivity index (χ4n) is 1.41. The van der Waals surface area contributed by atoms with Crippen LogP contribution in [-0.2, 0) is 0 Å². The van der Waals surface area contributed by atoms with Gasteiger partial charge >= 0.3 is 0 Å². The second kappa shape index (κ2) is 6.60. The lowest BCUT2D eigenvalue weighted by Gasteiger charge is -2.12. The third-order valence-corrected chi connectivity index (χ3v) is 6.00. The molecule has 100 valence electrons. The zero-order chi connectivity index (χ0) is 14.0. The van der Waals surface area contributed by atoms with Crippen molar-refractivity contribution >= 4 is 73.7 Å². The lowest BCUT2D eigenvalue weighted by Crippen LogP contribution is -2.28. The summed E-state index contributed by atoms with van der Waals surface area (Å²) in [5.41, 5.74) is 0.659. The molecule has 6 nitrogen and oxygen atoms in total. The van der Waals surface area contributed by atoms with E-state index in [1.54, 1.807) is 0 Å². The van der Waals surface area contributed by atoms with E-state index in [0.29, 0.717) is 11.4 Å². The molecule has 0 aliphatic rings. The SMILES string of the molecule is CC(NC(=O)c1cc(I)cc(I)c1I)c1nn[nH]n1. The molecular weight excluding hydrogens is 587 g/mol. The molecule has 1 aromatic carbocycles. The van der Waals surface area contributed by atoms with E-state index in [2.05, 4.69) is 93.7 Å². The molecule has 0 bridgehead atoms. The average Bonchev–Trinajstić information content (AvgIpc) is 2.87. The molecule has 0 spiro atoms. The molecule has 0 aliphatic heterocycles. The number of carbonyl (C=O) groups excluding carboxylic acids is 1. The number of rotatable bonds is 3. The van der Waals surface area contributed by atoms with Crippen molar-refractivity contribution in [3.63, 3.8) is 0 Å². The topological polar surface area (TPSA) is 83.6 Å². The molecule has 0 saturated carbocycles. The number of hydrogen-bond acceptors (Lipinski definition) is 4. The Morgan fingerprint density at radius 2 is 2.11 bits per heavy atom. The second-order valence-electron chi connectivity index (χ2n) is 3.71. The van der Waals surface area contributed by atoms with Gasteiger partial charge in [-0.15, -0.1) is 10.2 Å². The molecule has 1 atom stereocenters. The lowest BCUT2D eigenvalue weighted by atomic mass is 10.2. The van der Waals surface area contributed by atoms with E-state index in [9.17, 15) is 4.79 Å². The molecule has 0 aliphatic carbocycles. The third-order valence-electron chi connectivity index (χ3n) is 2.33. The van der Waals surface area contributed by atoms with E-state index in [1.165, 1.54) is 0 Å². The summed E-state index contributed by atoms with van der Waals surface area (Å²) in [7, 11) is 0. The third kappa shape index (κ3) is 3.74. The Bertz CT molecular complexity index is 601. The number of tetrazole rings is 1. The highest BCUT2D eigenvalue weighted by Gasteiger charge is 2.18. The van der Waals surface area contributed by atoms with Crippen LogP contribution < -0.4 is 5.32 Å². The number of amides is 1. The van der Waals surface area contributed by atoms with Crippen LogP contribution in [0.15, 0.2) is 12.1 Å². The van der Waals surface area contributed by atoms with Gasteiger partial charge in [0.05, 0.1) is 11.6 Å². The molecule has 19 heavy (non-hydrogen) atoms. The number of aromatic nitrogens is 4. The van der Waals surface area contributed by atoms with Gasteiger partial charge in [-0.3, -0.25) is 4.79 Å². The maximum atomic E-state index is 12.3. The Kier molecular flexibility index (Phi) is 5.33. The van der Waals surface area contributed by atoms with Crippen LogP contribution in [0.4, 0.5) is 0 Å². The van der Waals surface area contributed by atoms with E-state index in [1.807, 2.05) is 19.1 Å². The van der Waals surface area contributed by atoms with Crippen LogP contribution in [0.5, 0.6) is 0 Å². The first-order chi connectivity index (χ1) is 8.99. The highest BCUT2D eigenvalue weighted by molar-refractivity contribution is 14.1. The van der Waals surface area contributed by atoms with Crippen LogP contribution in [0.2, 0.25) is 0 Å². The molecule has 1 unspecified atom stereocenters. The highest BCUT2D eigenvalue weighted by atomic mass is 127. The van der Waals surface area contributed by atoms with Crippen molar-refractivity contribution in [2.24, 2.45) is 0 Å². The zero-order valence-electron chi connectivity index (χ0n) is 9.62. The minimum atomic E-state index is -0.294. The number of hydrogen-bond donors (Lipinski definition) is 2. The summed E-state index contributed by atoms with van der Waals surface area (Å²) in [4.78, 5) is 12.3. The molecule has 0 saturated heterocycles. The van der Waals surface area contributed by atoms with Gasteiger partial charge in [-0.1, -0.05) is 5.21 Å². The number of aromatic amines is 1. The van der Waals surface area contributed by atoms with Crippen LogP contribution in [-0.4, -0.2) is 26.5 Å². The molecule has 2 aromatic rings. The van der Waals surface area contributed by atoms with Crippen LogP contribution in [0.3, 0.4) is 0 Å². The zero-order valence-corrected chi connectivity index (χ0v) is 16.1. The number of nitrogens with one attached hydrogen (secondary N) is 2. The van der Waals surface area contributed by atoms with Gasteiger partial charge < -0.3 is 5.32 Å². The van der Waals surface area contributed by atoms with Gasteiger partial charge in [-0.25, -0.2) is 0 Å². The number of nitrogens with zero attached hydrogens (tertiary/aromatic N) is 3. The van der Waals surface area contributed by atoms with E-state index < -0.39 is 0 Å². The summed E-state index contributed by atoms with van der Waals surface area (Å²) in [6, 6.07) is 3.60. The Balaban J connectivity index is 2.21. The van der Waals surface area contributed by atoms with Crippen LogP contribution >= 0.6 is 67.8 Å². The van der Waals surface area contributed by atoms with E-state index >= 15 is 0 Å². The first kappa shape index (κ1) is 15.3. The van der Waals surface area contributed by atoms with Gasteiger partial charge in [0.1, 0.15) is 0 Å². The van der Waals surface area contributed by atoms with Crippen molar-refractivity contribution in [2.45, 2.75) is 13.0 Å². The normalized spacial score (nSPS) is 12.2. The van der Waals surface area contributed by atoms with Gasteiger partial charge in [0.15, 0.2) is 5.82 Å². The molecule has 1 heterocycles. The van der Waals surface area contributed by atoms with E-state index in [0.717, 1.165) is 10.7 Å². The molecule has 0 fully saturated rings. The van der Waals surface area contributed by atoms with Gasteiger partial charge in [-0.05, 0) is 86.8 Å². The van der Waals surface area contributed by atoms with Gasteiger partial charge in [-0.2, -0.15) is 5.21 Å². The number of H-pyrrole nitrogens is 1. The van der Waals surface area contributed by atoms with Gasteiger partial charge in [0.2, 0.25) is 0 Å². The summed E-state index contributed by atoms with van der Waals surface area (Å²) < 4.78 is 3.03. The van der Waals surface area contributed by atoms with Crippen LogP contribution in [0.25, 0.3) is 0 Å². The largest absolute Gasteiger partial charge is 0.342 e. The first-order valence-corrected chi connectivity index (χ1v) is 8.41. The minimum absolute atomic E-state index is 0.141. The molecule has 2 N–H and O–H groups in total. The summed E-state index contributed by atoms with van der Waals surface area (Å²) in [5.74, 6) is 0.321. The van der Waals surface area contributed by atoms with E-state index in [4.69, 9.17) is 0 Å². The Hall–Kier alpha value is -0.0500. The Morgan fingerprint density at radius 1 is 1.37 bits per heavy atom. The Labute approximate surface area is 150 Å². The standard InChI is InChI=1S/C10H8I3N5O/c1-4(9-15-17-18-16-9)14-10(19)6-2-5(11)3-7(12)8(6)13/h2-4H,1H3,(H,14,19)(H,15,16,17,18). The molecule has 0 radical (unpaired) electrons. The summed E-state index contributed by atoms with van der Waals surface area (Å²) in [5, 5.41) is 16.4. The summed E-state index contributed by atoms with van der Waals surface area (Å²) in [6.07, 6.45) is 0. The smallest absolute Gasteiger partial charge is 0.253 e. The summed E-state index contributed by atoms with van der Waals surface area (Å²) in [6.45, 7) is 1.81. The monoisotopic (exact) mass is 595 g/mol. The van der Waals surface area contributed by atoms with E-state index in [-0.39, 0.29) is 11.9 Å². The van der Waals surface area contributed by atoms with Crippen molar-refractivity contribution in [2.75, 3.05) is 0 Å². The van der Waals surface area contributed by atoms with Gasteiger partial charge in [0, 0.05) is 10.7 Å². The highest BCUT2D eigenvalue weighted by Crippen LogP contribution is 2.23. The minimum Gasteiger partial charge on any atom is -0.342 e. The van der Waals surface area contributed by atoms with Crippen molar-refractivity contribution in [1.29, 1.82) is 0 Å². The molecule has 1 aromatic heterocycles. The Morgan fingerprint density at radius 3 is 2.74 bits per heavy atom.